The molecule has 0 spiro atoms. The summed E-state index contributed by atoms with van der Waals surface area (Å²) in [4.78, 5) is 27.4. The number of thiophene rings is 1. The van der Waals surface area contributed by atoms with Crippen LogP contribution in [0.2, 0.25) is 54.4 Å². The molecule has 2 aromatic rings. The Morgan fingerprint density at radius 1 is 0.810 bits per heavy atom. The molecule has 0 radical (unpaired) electrons. The smallest absolute Gasteiger partial charge is 0.305 e. The second kappa shape index (κ2) is 20.0. The molecule has 0 saturated carbocycles. The van der Waals surface area contributed by atoms with Crippen LogP contribution in [0.25, 0.3) is 10.1 Å². The number of Topliss-reactive ketones (excluding diaryl/α,β-unsaturated/α-hetero) is 1. The van der Waals surface area contributed by atoms with Gasteiger partial charge in [0, 0.05) is 16.0 Å². The van der Waals surface area contributed by atoms with E-state index < -0.39 is 48.4 Å². The molecule has 0 aliphatic carbocycles. The molecule has 5 atom stereocenters. The van der Waals surface area contributed by atoms with Crippen LogP contribution in [0, 0.1) is 17.3 Å². The number of carbonyl (C=O) groups excluding carboxylic acids is 1. The summed E-state index contributed by atoms with van der Waals surface area (Å²) in [6.07, 6.45) is 6.93. The van der Waals surface area contributed by atoms with Crippen molar-refractivity contribution in [2.24, 2.45) is 17.3 Å². The number of hydrogen-bond acceptors (Lipinski definition) is 6. The summed E-state index contributed by atoms with van der Waals surface area (Å²) in [5.41, 5.74) is 1.51. The summed E-state index contributed by atoms with van der Waals surface area (Å²) in [5, 5.41) is 13.4. The van der Waals surface area contributed by atoms with Gasteiger partial charge in [-0.2, -0.15) is 0 Å². The van der Waals surface area contributed by atoms with Gasteiger partial charge in [-0.25, -0.2) is 0 Å². The lowest BCUT2D eigenvalue weighted by Gasteiger charge is -2.47. The van der Waals surface area contributed by atoms with Gasteiger partial charge >= 0.3 is 5.97 Å². The molecule has 1 unspecified atom stereocenters. The number of aliphatic carboxylic acids is 1. The number of benzene rings is 1. The third-order valence-corrected chi connectivity index (χ3v) is 28.3. The van der Waals surface area contributed by atoms with Crippen molar-refractivity contribution in [1.82, 2.24) is 0 Å². The first kappa shape index (κ1) is 52.5. The zero-order chi connectivity index (χ0) is 44.9. The minimum atomic E-state index is -2.42. The van der Waals surface area contributed by atoms with Gasteiger partial charge in [0.2, 0.25) is 0 Å². The Morgan fingerprint density at radius 2 is 1.34 bits per heavy atom. The van der Waals surface area contributed by atoms with E-state index >= 15 is 4.79 Å². The number of rotatable bonds is 22. The molecule has 6 nitrogen and oxygen atoms in total. The highest BCUT2D eigenvalue weighted by atomic mass is 32.1. The molecule has 10 heteroatoms. The average Bonchev–Trinajstić information content (AvgIpc) is 3.54. The topological polar surface area (TPSA) is 82.1 Å². The average molecular weight is 874 g/mol. The van der Waals surface area contributed by atoms with Crippen molar-refractivity contribution < 1.29 is 28.0 Å². The second-order valence-corrected chi connectivity index (χ2v) is 37.5. The number of ketones is 1. The van der Waals surface area contributed by atoms with Crippen molar-refractivity contribution in [3.63, 3.8) is 0 Å². The third-order valence-electron chi connectivity index (χ3n) is 14.0. The first-order chi connectivity index (χ1) is 26.2. The van der Waals surface area contributed by atoms with Crippen LogP contribution in [0.15, 0.2) is 53.9 Å². The molecule has 0 amide bonds. The molecular weight excluding hydrogens is 789 g/mol. The SMILES string of the molecule is C=CC[C@@H](C(=O)C(C)(C)[C@H](CC(=O)O)O[Si](C)(C)C(C)(C)C)C(O[Si](C)(C)C(C)(C)C)[C@@H](C)CCC/C(C)=C/C[C@H](O[Si](C)(C)C(C)(C)C)c1ccc2sccc2c1. The molecule has 1 aromatic carbocycles. The normalized spacial score (nSPS) is 16.8. The van der Waals surface area contributed by atoms with Gasteiger partial charge in [0.25, 0.3) is 0 Å². The molecule has 0 aliphatic heterocycles. The van der Waals surface area contributed by atoms with Crippen molar-refractivity contribution in [3.8, 4) is 0 Å². The van der Waals surface area contributed by atoms with E-state index in [0.29, 0.717) is 6.42 Å². The van der Waals surface area contributed by atoms with Gasteiger partial charge in [0.1, 0.15) is 5.78 Å². The van der Waals surface area contributed by atoms with E-state index in [1.54, 1.807) is 11.3 Å². The summed E-state index contributed by atoms with van der Waals surface area (Å²) in [6.45, 7) is 45.8. The van der Waals surface area contributed by atoms with Crippen LogP contribution in [0.5, 0.6) is 0 Å². The summed E-state index contributed by atoms with van der Waals surface area (Å²) in [5.74, 6) is -1.37. The molecule has 58 heavy (non-hydrogen) atoms. The van der Waals surface area contributed by atoms with Crippen molar-refractivity contribution >= 4 is 58.1 Å². The highest BCUT2D eigenvalue weighted by molar-refractivity contribution is 7.17. The predicted molar refractivity (Wildman–Crippen MR) is 258 cm³/mol. The molecule has 1 heterocycles. The standard InChI is InChI=1S/C48H84O6SSi3/c1-21-23-38(44(51)48(13,14)41(33-42(49)50)53-57(17,18)46(7,8)9)43(54-58(19,20)47(10,11)12)35(3)25-22-24-34(2)26-28-39(52-56(15,16)45(4,5)6)36-27-29-40-37(32-36)30-31-55-40/h21,26-27,29-32,35,38-39,41,43H,1,22-25,28,33H2,2-20H3,(H,49,50)/b34-26+/t35-,38+,39-,41-,43?/m0/s1. The summed E-state index contributed by atoms with van der Waals surface area (Å²) < 4.78 is 22.5. The summed E-state index contributed by atoms with van der Waals surface area (Å²) in [7, 11) is -6.80. The monoisotopic (exact) mass is 873 g/mol. The summed E-state index contributed by atoms with van der Waals surface area (Å²) >= 11 is 1.77. The van der Waals surface area contributed by atoms with Gasteiger partial charge in [0.15, 0.2) is 25.0 Å². The maximum absolute atomic E-state index is 15.1. The zero-order valence-electron chi connectivity index (χ0n) is 40.3. The molecule has 0 saturated heterocycles. The number of allylic oxidation sites excluding steroid dienone is 2. The quantitative estimate of drug-likeness (QED) is 0.0937. The van der Waals surface area contributed by atoms with E-state index in [1.165, 1.54) is 21.2 Å². The Balaban J connectivity index is 2.44. The molecule has 0 aliphatic rings. The lowest BCUT2D eigenvalue weighted by Crippen LogP contribution is -2.55. The number of carbonyl (C=O) groups is 2. The van der Waals surface area contributed by atoms with Crippen LogP contribution < -0.4 is 0 Å². The van der Waals surface area contributed by atoms with Crippen LogP contribution in [-0.2, 0) is 22.9 Å². The van der Waals surface area contributed by atoms with Gasteiger partial charge < -0.3 is 18.4 Å². The number of carboxylic acids is 1. The molecular formula is C48H84O6SSi3. The van der Waals surface area contributed by atoms with Gasteiger partial charge in [-0.05, 0) is 134 Å². The Kier molecular flexibility index (Phi) is 18.1. The Morgan fingerprint density at radius 3 is 1.86 bits per heavy atom. The van der Waals surface area contributed by atoms with Crippen molar-refractivity contribution in [1.29, 1.82) is 0 Å². The van der Waals surface area contributed by atoms with E-state index in [-0.39, 0.29) is 45.4 Å². The zero-order valence-corrected chi connectivity index (χ0v) is 44.1. The first-order valence-electron chi connectivity index (χ1n) is 21.7. The van der Waals surface area contributed by atoms with Crippen LogP contribution in [0.3, 0.4) is 0 Å². The van der Waals surface area contributed by atoms with Crippen LogP contribution >= 0.6 is 11.3 Å². The van der Waals surface area contributed by atoms with Crippen LogP contribution in [0.4, 0.5) is 0 Å². The fraction of sp³-hybridized carbons (Fsp3) is 0.708. The van der Waals surface area contributed by atoms with Gasteiger partial charge in [-0.1, -0.05) is 107 Å². The molecule has 2 rings (SSSR count). The third kappa shape index (κ3) is 13.9. The molecule has 330 valence electrons. The Labute approximate surface area is 362 Å². The van der Waals surface area contributed by atoms with E-state index in [9.17, 15) is 9.90 Å². The lowest BCUT2D eigenvalue weighted by molar-refractivity contribution is -0.146. The van der Waals surface area contributed by atoms with Gasteiger partial charge in [-0.15, -0.1) is 17.9 Å². The van der Waals surface area contributed by atoms with Crippen LogP contribution in [0.1, 0.15) is 140 Å². The molecule has 1 N–H and O–H groups in total. The lowest BCUT2D eigenvalue weighted by atomic mass is 9.71. The second-order valence-electron chi connectivity index (χ2n) is 22.3. The van der Waals surface area contributed by atoms with Crippen molar-refractivity contribution in [2.75, 3.05) is 0 Å². The van der Waals surface area contributed by atoms with Crippen molar-refractivity contribution in [2.45, 2.75) is 201 Å². The van der Waals surface area contributed by atoms with Gasteiger partial charge in [0.05, 0.1) is 24.7 Å². The molecule has 1 aromatic heterocycles. The van der Waals surface area contributed by atoms with Crippen molar-refractivity contribution in [3.05, 3.63) is 59.5 Å². The Bertz CT molecular complexity index is 1700. The highest BCUT2D eigenvalue weighted by Gasteiger charge is 2.50. The molecule has 0 bridgehead atoms. The maximum atomic E-state index is 15.1. The predicted octanol–water partition coefficient (Wildman–Crippen LogP) is 15.2. The number of fused-ring (bicyclic) bond motifs is 1. The summed E-state index contributed by atoms with van der Waals surface area (Å²) in [6, 6.07) is 8.98. The van der Waals surface area contributed by atoms with E-state index in [4.69, 9.17) is 13.3 Å². The Hall–Kier alpha value is -1.67. The maximum Gasteiger partial charge on any atom is 0.305 e. The highest BCUT2D eigenvalue weighted by Crippen LogP contribution is 2.45. The van der Waals surface area contributed by atoms with E-state index in [0.717, 1.165) is 25.7 Å². The fourth-order valence-corrected chi connectivity index (χ4v) is 11.6. The minimum absolute atomic E-state index is 0.00240. The van der Waals surface area contributed by atoms with Crippen LogP contribution in [-0.4, -0.2) is 54.0 Å². The number of hydrogen-bond donors (Lipinski definition) is 1. The fourth-order valence-electron chi connectivity index (χ4n) is 6.70. The first-order valence-corrected chi connectivity index (χ1v) is 31.3. The largest absolute Gasteiger partial charge is 0.481 e. The van der Waals surface area contributed by atoms with E-state index in [2.05, 4.69) is 158 Å². The minimum Gasteiger partial charge on any atom is -0.481 e. The van der Waals surface area contributed by atoms with Gasteiger partial charge in [-0.3, -0.25) is 9.59 Å². The number of carboxylic acid groups (broad SMARTS) is 1. The van der Waals surface area contributed by atoms with E-state index in [1.807, 2.05) is 19.9 Å². The molecule has 0 fully saturated rings.